The first-order chi connectivity index (χ1) is 5.31. The molecule has 4 nitrogen and oxygen atoms in total. The molecule has 1 heterocycles. The van der Waals surface area contributed by atoms with E-state index >= 15 is 0 Å². The maximum absolute atomic E-state index is 8.49. The number of aromatic amines is 1. The molecule has 0 fully saturated rings. The van der Waals surface area contributed by atoms with Crippen LogP contribution >= 0.6 is 0 Å². The van der Waals surface area contributed by atoms with Gasteiger partial charge in [-0.25, -0.2) is 4.98 Å². The number of nitriles is 2. The number of nitrogens with zero attached hydrogens (tertiary/aromatic N) is 3. The number of hydrogen-bond donors (Lipinski definition) is 1. The first-order valence-corrected chi connectivity index (χ1v) is 3.21. The van der Waals surface area contributed by atoms with E-state index in [0.29, 0.717) is 12.2 Å². The van der Waals surface area contributed by atoms with Crippen molar-refractivity contribution in [2.45, 2.75) is 13.3 Å². The lowest BCUT2D eigenvalue weighted by Crippen LogP contribution is -1.81. The second-order valence-corrected chi connectivity index (χ2v) is 1.98. The summed E-state index contributed by atoms with van der Waals surface area (Å²) in [6.07, 6.45) is 0.705. The summed E-state index contributed by atoms with van der Waals surface area (Å²) in [6, 6.07) is 3.70. The molecule has 0 spiro atoms. The lowest BCUT2D eigenvalue weighted by Gasteiger charge is -1.80. The smallest absolute Gasteiger partial charge is 0.176 e. The number of hydrogen-bond acceptors (Lipinski definition) is 3. The van der Waals surface area contributed by atoms with E-state index in [4.69, 9.17) is 10.5 Å². The van der Waals surface area contributed by atoms with Gasteiger partial charge in [0.2, 0.25) is 0 Å². The highest BCUT2D eigenvalue weighted by Crippen LogP contribution is 2.03. The van der Waals surface area contributed by atoms with Crippen molar-refractivity contribution >= 4 is 0 Å². The zero-order valence-electron chi connectivity index (χ0n) is 6.05. The van der Waals surface area contributed by atoms with Crippen LogP contribution in [0.1, 0.15) is 24.1 Å². The van der Waals surface area contributed by atoms with Crippen molar-refractivity contribution in [3.8, 4) is 12.1 Å². The third kappa shape index (κ3) is 1.20. The number of aromatic nitrogens is 2. The van der Waals surface area contributed by atoms with Crippen molar-refractivity contribution < 1.29 is 0 Å². The normalized spacial score (nSPS) is 8.64. The minimum atomic E-state index is 0.185. The van der Waals surface area contributed by atoms with E-state index in [1.807, 2.05) is 19.1 Å². The van der Waals surface area contributed by atoms with E-state index in [1.54, 1.807) is 0 Å². The van der Waals surface area contributed by atoms with Crippen LogP contribution in [0.5, 0.6) is 0 Å². The predicted molar refractivity (Wildman–Crippen MR) is 37.4 cm³/mol. The van der Waals surface area contributed by atoms with Crippen LogP contribution in [-0.2, 0) is 6.42 Å². The summed E-state index contributed by atoms with van der Waals surface area (Å²) in [5.74, 6) is 0.679. The number of H-pyrrole nitrogens is 1. The highest BCUT2D eigenvalue weighted by Gasteiger charge is 2.06. The molecule has 0 aliphatic carbocycles. The van der Waals surface area contributed by atoms with Gasteiger partial charge in [-0.05, 0) is 0 Å². The maximum atomic E-state index is 8.49. The van der Waals surface area contributed by atoms with Crippen molar-refractivity contribution in [1.29, 1.82) is 10.5 Å². The zero-order valence-corrected chi connectivity index (χ0v) is 6.05. The Morgan fingerprint density at radius 2 is 2.18 bits per heavy atom. The molecule has 0 unspecified atom stereocenters. The lowest BCUT2D eigenvalue weighted by atomic mass is 10.4. The van der Waals surface area contributed by atoms with E-state index in [1.165, 1.54) is 0 Å². The summed E-state index contributed by atoms with van der Waals surface area (Å²) in [5.41, 5.74) is 0.439. The van der Waals surface area contributed by atoms with Gasteiger partial charge in [0.05, 0.1) is 0 Å². The molecule has 0 aromatic carbocycles. The molecular weight excluding hydrogens is 140 g/mol. The molecule has 0 radical (unpaired) electrons. The van der Waals surface area contributed by atoms with Crippen LogP contribution in [-0.4, -0.2) is 9.97 Å². The van der Waals surface area contributed by atoms with Crippen LogP contribution in [0.2, 0.25) is 0 Å². The summed E-state index contributed by atoms with van der Waals surface area (Å²) in [6.45, 7) is 1.90. The third-order valence-corrected chi connectivity index (χ3v) is 1.31. The molecular formula is C7H6N4. The summed E-state index contributed by atoms with van der Waals surface area (Å²) in [4.78, 5) is 6.62. The Kier molecular flexibility index (Phi) is 1.89. The molecule has 0 amide bonds. The quantitative estimate of drug-likeness (QED) is 0.634. The van der Waals surface area contributed by atoms with E-state index in [9.17, 15) is 0 Å². The largest absolute Gasteiger partial charge is 0.333 e. The van der Waals surface area contributed by atoms with E-state index < -0.39 is 0 Å². The molecule has 1 aromatic heterocycles. The molecule has 0 saturated carbocycles. The van der Waals surface area contributed by atoms with Gasteiger partial charge in [-0.1, -0.05) is 6.92 Å². The lowest BCUT2D eigenvalue weighted by molar-refractivity contribution is 0.984. The minimum Gasteiger partial charge on any atom is -0.333 e. The molecule has 0 aliphatic heterocycles. The molecule has 54 valence electrons. The van der Waals surface area contributed by atoms with Crippen LogP contribution in [0.25, 0.3) is 0 Å². The molecule has 1 N–H and O–H groups in total. The number of nitrogens with one attached hydrogen (secondary N) is 1. The number of rotatable bonds is 1. The van der Waals surface area contributed by atoms with Gasteiger partial charge in [-0.3, -0.25) is 0 Å². The number of imidazole rings is 1. The summed E-state index contributed by atoms with van der Waals surface area (Å²) < 4.78 is 0. The maximum Gasteiger partial charge on any atom is 0.176 e. The van der Waals surface area contributed by atoms with Gasteiger partial charge in [0.25, 0.3) is 0 Å². The van der Waals surface area contributed by atoms with Gasteiger partial charge in [0.15, 0.2) is 11.4 Å². The number of aryl methyl sites for hydroxylation is 1. The van der Waals surface area contributed by atoms with E-state index in [2.05, 4.69) is 9.97 Å². The van der Waals surface area contributed by atoms with Crippen LogP contribution in [0, 0.1) is 22.7 Å². The molecule has 0 saturated heterocycles. The molecule has 0 aliphatic rings. The fourth-order valence-electron chi connectivity index (χ4n) is 0.752. The van der Waals surface area contributed by atoms with Crippen molar-refractivity contribution in [3.05, 3.63) is 17.2 Å². The van der Waals surface area contributed by atoms with Crippen LogP contribution in [0.4, 0.5) is 0 Å². The van der Waals surface area contributed by atoms with Gasteiger partial charge in [-0.2, -0.15) is 10.5 Å². The Labute approximate surface area is 64.1 Å². The first kappa shape index (κ1) is 7.30. The van der Waals surface area contributed by atoms with Crippen molar-refractivity contribution in [2.24, 2.45) is 0 Å². The van der Waals surface area contributed by atoms with E-state index in [-0.39, 0.29) is 11.4 Å². The van der Waals surface area contributed by atoms with Gasteiger partial charge < -0.3 is 4.98 Å². The highest BCUT2D eigenvalue weighted by atomic mass is 14.9. The van der Waals surface area contributed by atoms with Crippen LogP contribution in [0.15, 0.2) is 0 Å². The second kappa shape index (κ2) is 2.85. The van der Waals surface area contributed by atoms with Crippen molar-refractivity contribution in [1.82, 2.24) is 9.97 Å². The molecule has 4 heteroatoms. The Morgan fingerprint density at radius 3 is 2.55 bits per heavy atom. The van der Waals surface area contributed by atoms with Crippen LogP contribution < -0.4 is 0 Å². The average molecular weight is 146 g/mol. The summed E-state index contributed by atoms with van der Waals surface area (Å²) in [5, 5.41) is 17.0. The van der Waals surface area contributed by atoms with Gasteiger partial charge in [-0.15, -0.1) is 0 Å². The third-order valence-electron chi connectivity index (χ3n) is 1.31. The van der Waals surface area contributed by atoms with Crippen molar-refractivity contribution in [2.75, 3.05) is 0 Å². The standard InChI is InChI=1S/C7H6N4/c1-2-7-10-5(3-8)6(4-9)11-7/h2H2,1H3,(H,10,11). The Hall–Kier alpha value is -1.81. The molecule has 0 bridgehead atoms. The summed E-state index contributed by atoms with van der Waals surface area (Å²) in [7, 11) is 0. The SMILES string of the molecule is CCc1nc(C#N)c(C#N)[nH]1. The van der Waals surface area contributed by atoms with E-state index in [0.717, 1.165) is 0 Å². The predicted octanol–water partition coefficient (Wildman–Crippen LogP) is 0.715. The van der Waals surface area contributed by atoms with Gasteiger partial charge >= 0.3 is 0 Å². The molecule has 1 rings (SSSR count). The molecule has 11 heavy (non-hydrogen) atoms. The summed E-state index contributed by atoms with van der Waals surface area (Å²) >= 11 is 0. The van der Waals surface area contributed by atoms with Crippen molar-refractivity contribution in [3.63, 3.8) is 0 Å². The van der Waals surface area contributed by atoms with Crippen LogP contribution in [0.3, 0.4) is 0 Å². The molecule has 0 atom stereocenters. The second-order valence-electron chi connectivity index (χ2n) is 1.98. The Balaban J connectivity index is 3.18. The average Bonchev–Trinajstić information content (AvgIpc) is 2.46. The first-order valence-electron chi connectivity index (χ1n) is 3.21. The van der Waals surface area contributed by atoms with Gasteiger partial charge in [0.1, 0.15) is 18.0 Å². The Bertz CT molecular complexity index is 305. The minimum absolute atomic E-state index is 0.185. The fourth-order valence-corrected chi connectivity index (χ4v) is 0.752. The zero-order chi connectivity index (χ0) is 8.27. The Morgan fingerprint density at radius 1 is 1.45 bits per heavy atom. The monoisotopic (exact) mass is 146 g/mol. The fraction of sp³-hybridized carbons (Fsp3) is 0.286. The molecule has 1 aromatic rings. The highest BCUT2D eigenvalue weighted by molar-refractivity contribution is 5.36. The topological polar surface area (TPSA) is 76.3 Å². The van der Waals surface area contributed by atoms with Gasteiger partial charge in [0, 0.05) is 6.42 Å².